The molecule has 27 heavy (non-hydrogen) atoms. The third-order valence-corrected chi connectivity index (χ3v) is 5.77. The Balaban J connectivity index is 1.64. The first-order valence-corrected chi connectivity index (χ1v) is 9.39. The van der Waals surface area contributed by atoms with Gasteiger partial charge in [-0.15, -0.1) is 0 Å². The number of rotatable bonds is 4. The Morgan fingerprint density at radius 2 is 2.00 bits per heavy atom. The molecule has 0 radical (unpaired) electrons. The summed E-state index contributed by atoms with van der Waals surface area (Å²) >= 11 is 0. The lowest BCUT2D eigenvalue weighted by Crippen LogP contribution is -2.41. The minimum atomic E-state index is -0.474. The van der Waals surface area contributed by atoms with Crippen LogP contribution in [-0.4, -0.2) is 42.4 Å². The smallest absolute Gasteiger partial charge is 0.493 e. The Hall–Kier alpha value is -2.12. The van der Waals surface area contributed by atoms with Crippen LogP contribution >= 0.6 is 0 Å². The van der Waals surface area contributed by atoms with Gasteiger partial charge in [-0.3, -0.25) is 9.78 Å². The summed E-state index contributed by atoms with van der Waals surface area (Å²) in [5, 5.41) is 3.79. The highest BCUT2D eigenvalue weighted by Crippen LogP contribution is 2.37. The van der Waals surface area contributed by atoms with Gasteiger partial charge in [-0.1, -0.05) is 0 Å². The normalized spacial score (nSPS) is 23.6. The van der Waals surface area contributed by atoms with Crippen molar-refractivity contribution in [1.82, 2.24) is 10.3 Å². The molecule has 1 atom stereocenters. The van der Waals surface area contributed by atoms with E-state index >= 15 is 0 Å². The van der Waals surface area contributed by atoms with E-state index in [2.05, 4.69) is 10.3 Å². The van der Waals surface area contributed by atoms with E-state index in [0.29, 0.717) is 19.6 Å². The first kappa shape index (κ1) is 18.3. The van der Waals surface area contributed by atoms with E-state index < -0.39 is 18.3 Å². The van der Waals surface area contributed by atoms with Gasteiger partial charge in [0.05, 0.1) is 23.3 Å². The number of hydrogen-bond acceptors (Lipinski definition) is 5. The molecule has 2 aliphatic heterocycles. The van der Waals surface area contributed by atoms with Crippen LogP contribution in [0.25, 0.3) is 10.9 Å². The van der Waals surface area contributed by atoms with E-state index in [9.17, 15) is 4.79 Å². The largest absolute Gasteiger partial charge is 0.495 e. The van der Waals surface area contributed by atoms with Crippen LogP contribution in [0.2, 0.25) is 0 Å². The lowest BCUT2D eigenvalue weighted by molar-refractivity contribution is -0.119. The lowest BCUT2D eigenvalue weighted by Gasteiger charge is -2.32. The standard InChI is InChI=1S/C20H25BN2O4/c1-19(2)20(3,4)27-21(26-19)14-9-16-15(6-5-7-22-16)17(10-14)25-12-13-8-18(24)23-11-13/h5-7,9-10,13H,8,11-12H2,1-4H3,(H,23,24)/t13-/m1/s1. The number of pyridine rings is 1. The zero-order chi connectivity index (χ0) is 19.2. The van der Waals surface area contributed by atoms with Gasteiger partial charge in [-0.25, -0.2) is 0 Å². The second kappa shape index (κ2) is 6.50. The molecule has 0 bridgehead atoms. The van der Waals surface area contributed by atoms with Gasteiger partial charge in [0.1, 0.15) is 5.75 Å². The molecule has 2 aromatic rings. The Kier molecular flexibility index (Phi) is 4.39. The first-order chi connectivity index (χ1) is 12.7. The van der Waals surface area contributed by atoms with Gasteiger partial charge in [0.25, 0.3) is 0 Å². The molecule has 0 spiro atoms. The van der Waals surface area contributed by atoms with Gasteiger partial charge in [-0.2, -0.15) is 0 Å². The van der Waals surface area contributed by atoms with Crippen molar-refractivity contribution in [2.45, 2.75) is 45.3 Å². The van der Waals surface area contributed by atoms with Gasteiger partial charge in [0.15, 0.2) is 0 Å². The topological polar surface area (TPSA) is 69.7 Å². The number of amides is 1. The Morgan fingerprint density at radius 3 is 2.67 bits per heavy atom. The number of aromatic nitrogens is 1. The minimum absolute atomic E-state index is 0.0843. The third-order valence-electron chi connectivity index (χ3n) is 5.77. The number of benzene rings is 1. The van der Waals surface area contributed by atoms with Crippen molar-refractivity contribution in [2.24, 2.45) is 5.92 Å². The molecule has 1 aromatic heterocycles. The first-order valence-electron chi connectivity index (χ1n) is 9.39. The van der Waals surface area contributed by atoms with E-state index in [1.54, 1.807) is 6.20 Å². The van der Waals surface area contributed by atoms with Crippen LogP contribution in [-0.2, 0) is 14.1 Å². The van der Waals surface area contributed by atoms with E-state index in [-0.39, 0.29) is 11.8 Å². The highest BCUT2D eigenvalue weighted by Gasteiger charge is 2.51. The molecule has 0 aliphatic carbocycles. The molecular formula is C20H25BN2O4. The van der Waals surface area contributed by atoms with E-state index in [1.807, 2.05) is 52.0 Å². The summed E-state index contributed by atoms with van der Waals surface area (Å²) in [6, 6.07) is 7.84. The molecule has 142 valence electrons. The summed E-state index contributed by atoms with van der Waals surface area (Å²) in [4.78, 5) is 15.9. The highest BCUT2D eigenvalue weighted by atomic mass is 16.7. The fourth-order valence-corrected chi connectivity index (χ4v) is 3.39. The van der Waals surface area contributed by atoms with Gasteiger partial charge >= 0.3 is 7.12 Å². The predicted molar refractivity (Wildman–Crippen MR) is 104 cm³/mol. The van der Waals surface area contributed by atoms with Crippen molar-refractivity contribution in [3.8, 4) is 5.75 Å². The van der Waals surface area contributed by atoms with E-state index in [0.717, 1.165) is 22.1 Å². The van der Waals surface area contributed by atoms with Gasteiger partial charge < -0.3 is 19.4 Å². The van der Waals surface area contributed by atoms with E-state index in [1.165, 1.54) is 0 Å². The molecule has 7 heteroatoms. The molecule has 0 saturated carbocycles. The maximum Gasteiger partial charge on any atom is 0.495 e. The second-order valence-corrected chi connectivity index (χ2v) is 8.36. The van der Waals surface area contributed by atoms with Gasteiger partial charge in [0, 0.05) is 30.5 Å². The Labute approximate surface area is 159 Å². The number of carbonyl (C=O) groups excluding carboxylic acids is 1. The lowest BCUT2D eigenvalue weighted by atomic mass is 9.78. The molecular weight excluding hydrogens is 343 g/mol. The summed E-state index contributed by atoms with van der Waals surface area (Å²) in [7, 11) is -0.474. The zero-order valence-electron chi connectivity index (χ0n) is 16.2. The fourth-order valence-electron chi connectivity index (χ4n) is 3.39. The summed E-state index contributed by atoms with van der Waals surface area (Å²) in [6.45, 7) is 9.28. The van der Waals surface area contributed by atoms with Crippen LogP contribution in [0.1, 0.15) is 34.1 Å². The molecule has 0 unspecified atom stereocenters. The zero-order valence-corrected chi connectivity index (χ0v) is 16.2. The molecule has 6 nitrogen and oxygen atoms in total. The number of nitrogens with zero attached hydrogens (tertiary/aromatic N) is 1. The maximum absolute atomic E-state index is 11.4. The number of fused-ring (bicyclic) bond motifs is 1. The van der Waals surface area contributed by atoms with Gasteiger partial charge in [0.2, 0.25) is 5.91 Å². The summed E-state index contributed by atoms with van der Waals surface area (Å²) < 4.78 is 18.5. The van der Waals surface area contributed by atoms with Crippen molar-refractivity contribution in [3.63, 3.8) is 0 Å². The molecule has 2 saturated heterocycles. The maximum atomic E-state index is 11.4. The van der Waals surface area contributed by atoms with Crippen LogP contribution < -0.4 is 15.5 Å². The highest BCUT2D eigenvalue weighted by molar-refractivity contribution is 6.62. The van der Waals surface area contributed by atoms with Crippen LogP contribution in [0.3, 0.4) is 0 Å². The quantitative estimate of drug-likeness (QED) is 0.837. The molecule has 2 aliphatic rings. The SMILES string of the molecule is CC1(C)OB(c2cc(OC[C@H]3CNC(=O)C3)c3cccnc3c2)OC1(C)C. The summed E-state index contributed by atoms with van der Waals surface area (Å²) in [6.07, 6.45) is 2.27. The van der Waals surface area contributed by atoms with Gasteiger partial charge in [-0.05, 0) is 57.4 Å². The molecule has 1 aromatic carbocycles. The molecule has 1 N–H and O–H groups in total. The average molecular weight is 368 g/mol. The third kappa shape index (κ3) is 3.41. The number of nitrogens with one attached hydrogen (secondary N) is 1. The van der Waals surface area contributed by atoms with Crippen LogP contribution in [0.4, 0.5) is 0 Å². The van der Waals surface area contributed by atoms with Crippen molar-refractivity contribution < 1.29 is 18.8 Å². The van der Waals surface area contributed by atoms with E-state index in [4.69, 9.17) is 14.0 Å². The monoisotopic (exact) mass is 368 g/mol. The summed E-state index contributed by atoms with van der Waals surface area (Å²) in [5.41, 5.74) is 0.900. The molecule has 1 amide bonds. The van der Waals surface area contributed by atoms with Crippen LogP contribution in [0.5, 0.6) is 5.75 Å². The van der Waals surface area contributed by atoms with Crippen molar-refractivity contribution in [2.75, 3.05) is 13.2 Å². The van der Waals surface area contributed by atoms with Crippen molar-refractivity contribution in [3.05, 3.63) is 30.5 Å². The molecule has 2 fully saturated rings. The van der Waals surface area contributed by atoms with Crippen LogP contribution in [0, 0.1) is 5.92 Å². The predicted octanol–water partition coefficient (Wildman–Crippen LogP) is 2.05. The molecule has 3 heterocycles. The molecule has 4 rings (SSSR count). The second-order valence-electron chi connectivity index (χ2n) is 8.36. The van der Waals surface area contributed by atoms with Crippen molar-refractivity contribution in [1.29, 1.82) is 0 Å². The Morgan fingerprint density at radius 1 is 1.26 bits per heavy atom. The summed E-state index contributed by atoms with van der Waals surface area (Å²) in [5.74, 6) is 1.01. The number of hydrogen-bond donors (Lipinski definition) is 1. The number of ether oxygens (including phenoxy) is 1. The average Bonchev–Trinajstić information content (AvgIpc) is 3.12. The number of carbonyl (C=O) groups is 1. The van der Waals surface area contributed by atoms with Crippen molar-refractivity contribution >= 4 is 29.4 Å². The minimum Gasteiger partial charge on any atom is -0.493 e. The van der Waals surface area contributed by atoms with Crippen LogP contribution in [0.15, 0.2) is 30.5 Å². The fraction of sp³-hybridized carbons (Fsp3) is 0.500. The Bertz CT molecular complexity index is 867.